The Morgan fingerprint density at radius 3 is 2.42 bits per heavy atom. The Morgan fingerprint density at radius 2 is 1.67 bits per heavy atom. The minimum atomic E-state index is -0.204. The lowest BCUT2D eigenvalue weighted by atomic mass is 10.0. The molecule has 24 heavy (non-hydrogen) atoms. The number of rotatable bonds is 3. The molecule has 3 rings (SSSR count). The fraction of sp³-hybridized carbons (Fsp3) is 0.143. The Hall–Kier alpha value is -2.94. The number of hydrazone groups is 1. The molecule has 1 amide bonds. The molecule has 0 atom stereocenters. The summed E-state index contributed by atoms with van der Waals surface area (Å²) < 4.78 is 0. The maximum atomic E-state index is 12.3. The van der Waals surface area contributed by atoms with Crippen LogP contribution in [0.5, 0.6) is 0 Å². The lowest BCUT2D eigenvalue weighted by Crippen LogP contribution is -2.19. The van der Waals surface area contributed by atoms with E-state index < -0.39 is 0 Å². The highest BCUT2D eigenvalue weighted by molar-refractivity contribution is 6.02. The Balaban J connectivity index is 1.80. The molecule has 0 aliphatic carbocycles. The number of carbonyl (C=O) groups excluding carboxylic acids is 1. The normalized spacial score (nSPS) is 11.5. The van der Waals surface area contributed by atoms with Crippen molar-refractivity contribution in [1.82, 2.24) is 5.43 Å². The van der Waals surface area contributed by atoms with Crippen molar-refractivity contribution in [2.24, 2.45) is 5.10 Å². The van der Waals surface area contributed by atoms with Gasteiger partial charge in [0.1, 0.15) is 0 Å². The molecule has 1 N–H and O–H groups in total. The van der Waals surface area contributed by atoms with Gasteiger partial charge in [0.25, 0.3) is 5.91 Å². The number of fused-ring (bicyclic) bond motifs is 1. The third kappa shape index (κ3) is 3.35. The molecular weight excluding hydrogens is 296 g/mol. The summed E-state index contributed by atoms with van der Waals surface area (Å²) >= 11 is 0. The third-order valence-electron chi connectivity index (χ3n) is 4.11. The van der Waals surface area contributed by atoms with Crippen LogP contribution in [0.4, 0.5) is 0 Å². The lowest BCUT2D eigenvalue weighted by molar-refractivity contribution is 0.0955. The second kappa shape index (κ2) is 6.67. The number of hydrogen-bond acceptors (Lipinski definition) is 2. The molecule has 0 heterocycles. The highest BCUT2D eigenvalue weighted by Gasteiger charge is 2.07. The number of hydrogen-bond donors (Lipinski definition) is 1. The van der Waals surface area contributed by atoms with Gasteiger partial charge in [0.05, 0.1) is 5.71 Å². The molecule has 0 aliphatic heterocycles. The van der Waals surface area contributed by atoms with Gasteiger partial charge in [0, 0.05) is 11.1 Å². The van der Waals surface area contributed by atoms with Crippen LogP contribution in [0.3, 0.4) is 0 Å². The number of nitrogens with zero attached hydrogens (tertiary/aromatic N) is 1. The summed E-state index contributed by atoms with van der Waals surface area (Å²) in [5, 5.41) is 6.42. The second-order valence-corrected chi connectivity index (χ2v) is 6.02. The predicted octanol–water partition coefficient (Wildman–Crippen LogP) is 4.61. The Morgan fingerprint density at radius 1 is 0.917 bits per heavy atom. The van der Waals surface area contributed by atoms with Crippen molar-refractivity contribution in [1.29, 1.82) is 0 Å². The SMILES string of the molecule is C/C(=N/NC(=O)c1ccc2ccccc2c1)c1ccc(C)cc1C. The first-order valence-corrected chi connectivity index (χ1v) is 7.95. The molecule has 3 nitrogen and oxygen atoms in total. The monoisotopic (exact) mass is 316 g/mol. The summed E-state index contributed by atoms with van der Waals surface area (Å²) in [6.45, 7) is 6.01. The fourth-order valence-electron chi connectivity index (χ4n) is 2.81. The highest BCUT2D eigenvalue weighted by atomic mass is 16.2. The molecule has 0 spiro atoms. The zero-order valence-corrected chi connectivity index (χ0v) is 14.1. The summed E-state index contributed by atoms with van der Waals surface area (Å²) in [5.41, 5.74) is 7.45. The van der Waals surface area contributed by atoms with Crippen molar-refractivity contribution in [3.8, 4) is 0 Å². The van der Waals surface area contributed by atoms with E-state index in [0.717, 1.165) is 27.6 Å². The first-order valence-electron chi connectivity index (χ1n) is 7.95. The predicted molar refractivity (Wildman–Crippen MR) is 99.5 cm³/mol. The summed E-state index contributed by atoms with van der Waals surface area (Å²) in [4.78, 5) is 12.3. The maximum absolute atomic E-state index is 12.3. The molecule has 0 saturated heterocycles. The minimum Gasteiger partial charge on any atom is -0.267 e. The Labute approximate surface area is 142 Å². The van der Waals surface area contributed by atoms with Crippen molar-refractivity contribution in [2.45, 2.75) is 20.8 Å². The topological polar surface area (TPSA) is 41.5 Å². The molecule has 0 aromatic heterocycles. The summed E-state index contributed by atoms with van der Waals surface area (Å²) in [6, 6.07) is 19.8. The summed E-state index contributed by atoms with van der Waals surface area (Å²) in [5.74, 6) is -0.204. The molecule has 0 aliphatic rings. The van der Waals surface area contributed by atoms with E-state index >= 15 is 0 Å². The van der Waals surface area contributed by atoms with Crippen LogP contribution in [0, 0.1) is 13.8 Å². The minimum absolute atomic E-state index is 0.204. The molecule has 3 aromatic rings. The van der Waals surface area contributed by atoms with E-state index in [-0.39, 0.29) is 5.91 Å². The number of amides is 1. The standard InChI is InChI=1S/C21H20N2O/c1-14-8-11-20(15(2)12-14)16(3)22-23-21(24)19-10-9-17-6-4-5-7-18(17)13-19/h4-13H,1-3H3,(H,23,24)/b22-16-. The van der Waals surface area contributed by atoms with Gasteiger partial charge in [-0.3, -0.25) is 4.79 Å². The van der Waals surface area contributed by atoms with E-state index in [2.05, 4.69) is 23.5 Å². The van der Waals surface area contributed by atoms with Crippen LogP contribution in [-0.2, 0) is 0 Å². The smallest absolute Gasteiger partial charge is 0.267 e. The van der Waals surface area contributed by atoms with Gasteiger partial charge >= 0.3 is 0 Å². The van der Waals surface area contributed by atoms with Gasteiger partial charge in [-0.15, -0.1) is 0 Å². The number of carbonyl (C=O) groups is 1. The van der Waals surface area contributed by atoms with Crippen molar-refractivity contribution in [2.75, 3.05) is 0 Å². The average molecular weight is 316 g/mol. The van der Waals surface area contributed by atoms with Crippen molar-refractivity contribution >= 4 is 22.4 Å². The lowest BCUT2D eigenvalue weighted by Gasteiger charge is -2.07. The molecule has 3 heteroatoms. The first-order chi connectivity index (χ1) is 11.5. The van der Waals surface area contributed by atoms with Gasteiger partial charge in [-0.2, -0.15) is 5.10 Å². The largest absolute Gasteiger partial charge is 0.271 e. The number of benzene rings is 3. The van der Waals surface area contributed by atoms with Crippen LogP contribution in [0.1, 0.15) is 34.0 Å². The second-order valence-electron chi connectivity index (χ2n) is 6.02. The average Bonchev–Trinajstić information content (AvgIpc) is 2.59. The first kappa shape index (κ1) is 15.9. The van der Waals surface area contributed by atoms with Crippen LogP contribution in [0.2, 0.25) is 0 Å². The molecular formula is C21H20N2O. The van der Waals surface area contributed by atoms with E-state index in [1.807, 2.05) is 68.4 Å². The van der Waals surface area contributed by atoms with Crippen LogP contribution in [0.25, 0.3) is 10.8 Å². The zero-order chi connectivity index (χ0) is 17.1. The molecule has 0 radical (unpaired) electrons. The van der Waals surface area contributed by atoms with E-state index in [9.17, 15) is 4.79 Å². The zero-order valence-electron chi connectivity index (χ0n) is 14.1. The molecule has 0 saturated carbocycles. The summed E-state index contributed by atoms with van der Waals surface area (Å²) in [6.07, 6.45) is 0. The van der Waals surface area contributed by atoms with Crippen LogP contribution in [-0.4, -0.2) is 11.6 Å². The van der Waals surface area contributed by atoms with Crippen LogP contribution < -0.4 is 5.43 Å². The van der Waals surface area contributed by atoms with Crippen LogP contribution in [0.15, 0.2) is 65.8 Å². The van der Waals surface area contributed by atoms with Gasteiger partial charge in [-0.25, -0.2) is 5.43 Å². The molecule has 0 fully saturated rings. The van der Waals surface area contributed by atoms with Gasteiger partial charge in [0.15, 0.2) is 0 Å². The number of nitrogens with one attached hydrogen (secondary N) is 1. The Bertz CT molecular complexity index is 941. The quantitative estimate of drug-likeness (QED) is 0.556. The maximum Gasteiger partial charge on any atom is 0.271 e. The van der Waals surface area contributed by atoms with E-state index in [1.54, 1.807) is 0 Å². The van der Waals surface area contributed by atoms with Gasteiger partial charge in [-0.05, 0) is 49.2 Å². The van der Waals surface area contributed by atoms with E-state index in [1.165, 1.54) is 5.56 Å². The number of aryl methyl sites for hydroxylation is 2. The molecule has 0 unspecified atom stereocenters. The van der Waals surface area contributed by atoms with Gasteiger partial charge < -0.3 is 0 Å². The van der Waals surface area contributed by atoms with E-state index in [4.69, 9.17) is 0 Å². The van der Waals surface area contributed by atoms with Gasteiger partial charge in [0.2, 0.25) is 0 Å². The van der Waals surface area contributed by atoms with Gasteiger partial charge in [-0.1, -0.05) is 54.1 Å². The van der Waals surface area contributed by atoms with Crippen molar-refractivity contribution in [3.63, 3.8) is 0 Å². The molecule has 120 valence electrons. The molecule has 0 bridgehead atoms. The van der Waals surface area contributed by atoms with Crippen LogP contribution >= 0.6 is 0 Å². The summed E-state index contributed by atoms with van der Waals surface area (Å²) in [7, 11) is 0. The van der Waals surface area contributed by atoms with Crippen molar-refractivity contribution in [3.05, 3.63) is 82.9 Å². The highest BCUT2D eigenvalue weighted by Crippen LogP contribution is 2.16. The van der Waals surface area contributed by atoms with Crippen molar-refractivity contribution < 1.29 is 4.79 Å². The Kier molecular flexibility index (Phi) is 4.43. The third-order valence-corrected chi connectivity index (χ3v) is 4.11. The molecule has 3 aromatic carbocycles. The fourth-order valence-corrected chi connectivity index (χ4v) is 2.81. The van der Waals surface area contributed by atoms with E-state index in [0.29, 0.717) is 5.56 Å².